The van der Waals surface area contributed by atoms with Gasteiger partial charge in [0.25, 0.3) is 0 Å². The zero-order chi connectivity index (χ0) is 21.2. The first-order valence-corrected chi connectivity index (χ1v) is 11.7. The van der Waals surface area contributed by atoms with E-state index in [1.54, 1.807) is 11.8 Å². The molecular formula is C24H31N3O2S. The number of nitrogens with one attached hydrogen (secondary N) is 2. The van der Waals surface area contributed by atoms with Crippen molar-refractivity contribution >= 4 is 35.0 Å². The van der Waals surface area contributed by atoms with Crippen LogP contribution >= 0.6 is 11.8 Å². The fourth-order valence-electron chi connectivity index (χ4n) is 3.51. The third-order valence-corrected chi connectivity index (χ3v) is 6.27. The summed E-state index contributed by atoms with van der Waals surface area (Å²) in [5.41, 5.74) is 2.46. The molecule has 0 bridgehead atoms. The normalized spacial score (nSPS) is 14.3. The molecule has 0 unspecified atom stereocenters. The summed E-state index contributed by atoms with van der Waals surface area (Å²) in [7, 11) is 0. The Morgan fingerprint density at radius 2 is 1.73 bits per heavy atom. The van der Waals surface area contributed by atoms with Crippen molar-refractivity contribution in [3.05, 3.63) is 54.1 Å². The van der Waals surface area contributed by atoms with E-state index in [1.165, 1.54) is 11.3 Å². The van der Waals surface area contributed by atoms with Crippen molar-refractivity contribution in [2.75, 3.05) is 36.0 Å². The van der Waals surface area contributed by atoms with Gasteiger partial charge in [-0.3, -0.25) is 14.5 Å². The summed E-state index contributed by atoms with van der Waals surface area (Å²) in [5, 5.41) is 5.96. The molecule has 0 aliphatic carbocycles. The number of amides is 2. The van der Waals surface area contributed by atoms with Crippen LogP contribution in [0.4, 0.5) is 11.4 Å². The van der Waals surface area contributed by atoms with Crippen molar-refractivity contribution in [3.63, 3.8) is 0 Å². The highest BCUT2D eigenvalue weighted by atomic mass is 32.2. The van der Waals surface area contributed by atoms with Crippen molar-refractivity contribution in [2.45, 2.75) is 43.9 Å². The number of piperidine rings is 1. The summed E-state index contributed by atoms with van der Waals surface area (Å²) < 4.78 is 0. The number of nitrogens with zero attached hydrogens (tertiary/aromatic N) is 1. The quantitative estimate of drug-likeness (QED) is 0.442. The molecule has 1 aliphatic heterocycles. The van der Waals surface area contributed by atoms with E-state index in [-0.39, 0.29) is 11.8 Å². The summed E-state index contributed by atoms with van der Waals surface area (Å²) in [4.78, 5) is 28.1. The van der Waals surface area contributed by atoms with Crippen LogP contribution in [0.3, 0.4) is 0 Å². The van der Waals surface area contributed by atoms with Crippen molar-refractivity contribution in [1.29, 1.82) is 0 Å². The highest BCUT2D eigenvalue weighted by molar-refractivity contribution is 7.99. The first kappa shape index (κ1) is 22.4. The molecular weight excluding hydrogens is 394 g/mol. The largest absolute Gasteiger partial charge is 0.326 e. The number of aryl methyl sites for hydroxylation is 1. The predicted molar refractivity (Wildman–Crippen MR) is 125 cm³/mol. The van der Waals surface area contributed by atoms with Crippen molar-refractivity contribution in [2.24, 2.45) is 0 Å². The van der Waals surface area contributed by atoms with Crippen LogP contribution < -0.4 is 10.6 Å². The molecule has 1 heterocycles. The fourth-order valence-corrected chi connectivity index (χ4v) is 4.38. The summed E-state index contributed by atoms with van der Waals surface area (Å²) in [6.45, 7) is 4.37. The standard InChI is InChI=1S/C24H31N3O2S/c1-19-12-13-20(17-22(19)26-24(29)18-27-14-6-3-7-15-27)25-23(28)11-8-16-30-21-9-4-2-5-10-21/h2,4-5,9-10,12-13,17H,3,6-8,11,14-16,18H2,1H3,(H,25,28)(H,26,29). The number of carbonyl (C=O) groups excluding carboxylic acids is 2. The molecule has 1 fully saturated rings. The minimum Gasteiger partial charge on any atom is -0.326 e. The maximum absolute atomic E-state index is 12.4. The van der Waals surface area contributed by atoms with E-state index < -0.39 is 0 Å². The molecule has 0 radical (unpaired) electrons. The molecule has 6 heteroatoms. The molecule has 5 nitrogen and oxygen atoms in total. The molecule has 160 valence electrons. The van der Waals surface area contributed by atoms with Crippen LogP contribution in [0.5, 0.6) is 0 Å². The molecule has 0 aromatic heterocycles. The lowest BCUT2D eigenvalue weighted by Crippen LogP contribution is -2.36. The van der Waals surface area contributed by atoms with Gasteiger partial charge < -0.3 is 10.6 Å². The second-order valence-corrected chi connectivity index (χ2v) is 8.90. The van der Waals surface area contributed by atoms with E-state index in [9.17, 15) is 9.59 Å². The van der Waals surface area contributed by atoms with Crippen LogP contribution in [0.15, 0.2) is 53.4 Å². The van der Waals surface area contributed by atoms with Gasteiger partial charge in [-0.1, -0.05) is 30.7 Å². The second kappa shape index (κ2) is 11.8. The maximum atomic E-state index is 12.4. The van der Waals surface area contributed by atoms with Gasteiger partial charge in [-0.15, -0.1) is 11.8 Å². The highest BCUT2D eigenvalue weighted by Gasteiger charge is 2.15. The summed E-state index contributed by atoms with van der Waals surface area (Å²) >= 11 is 1.76. The van der Waals surface area contributed by atoms with Crippen LogP contribution in [0, 0.1) is 6.92 Å². The van der Waals surface area contributed by atoms with Gasteiger partial charge in [0, 0.05) is 22.7 Å². The average Bonchev–Trinajstić information content (AvgIpc) is 2.75. The molecule has 0 atom stereocenters. The number of rotatable bonds is 9. The number of thioether (sulfide) groups is 1. The monoisotopic (exact) mass is 425 g/mol. The smallest absolute Gasteiger partial charge is 0.238 e. The Labute approximate surface area is 183 Å². The van der Waals surface area contributed by atoms with Crippen molar-refractivity contribution in [1.82, 2.24) is 4.90 Å². The zero-order valence-electron chi connectivity index (χ0n) is 17.7. The van der Waals surface area contributed by atoms with Gasteiger partial charge >= 0.3 is 0 Å². The SMILES string of the molecule is Cc1ccc(NC(=O)CCCSc2ccccc2)cc1NC(=O)CN1CCCCC1. The Morgan fingerprint density at radius 3 is 2.50 bits per heavy atom. The van der Waals surface area contributed by atoms with E-state index in [0.717, 1.165) is 55.0 Å². The number of benzene rings is 2. The van der Waals surface area contributed by atoms with Gasteiger partial charge in [0.05, 0.1) is 6.54 Å². The molecule has 0 spiro atoms. The Bertz CT molecular complexity index is 836. The van der Waals surface area contributed by atoms with Crippen LogP contribution in [0.25, 0.3) is 0 Å². The minimum absolute atomic E-state index is 0.00131. The van der Waals surface area contributed by atoms with Gasteiger partial charge in [0.1, 0.15) is 0 Å². The molecule has 2 aromatic carbocycles. The number of carbonyl (C=O) groups is 2. The Balaban J connectivity index is 1.44. The van der Waals surface area contributed by atoms with E-state index in [1.807, 2.05) is 43.3 Å². The van der Waals surface area contributed by atoms with Crippen LogP contribution in [-0.2, 0) is 9.59 Å². The highest BCUT2D eigenvalue weighted by Crippen LogP contribution is 2.22. The van der Waals surface area contributed by atoms with Crippen LogP contribution in [0.1, 0.15) is 37.7 Å². The molecule has 1 saturated heterocycles. The van der Waals surface area contributed by atoms with E-state index in [0.29, 0.717) is 13.0 Å². The Hall–Kier alpha value is -2.31. The van der Waals surface area contributed by atoms with E-state index in [4.69, 9.17) is 0 Å². The van der Waals surface area contributed by atoms with Crippen LogP contribution in [-0.4, -0.2) is 42.1 Å². The van der Waals surface area contributed by atoms with Gasteiger partial charge in [0.2, 0.25) is 11.8 Å². The first-order chi connectivity index (χ1) is 14.6. The predicted octanol–water partition coefficient (Wildman–Crippen LogP) is 4.93. The van der Waals surface area contributed by atoms with E-state index in [2.05, 4.69) is 27.7 Å². The molecule has 30 heavy (non-hydrogen) atoms. The molecule has 2 aromatic rings. The lowest BCUT2D eigenvalue weighted by Gasteiger charge is -2.25. The number of anilines is 2. The number of likely N-dealkylation sites (tertiary alicyclic amines) is 1. The lowest BCUT2D eigenvalue weighted by molar-refractivity contribution is -0.117. The molecule has 0 saturated carbocycles. The van der Waals surface area contributed by atoms with Gasteiger partial charge in [-0.05, 0) is 74.9 Å². The average molecular weight is 426 g/mol. The van der Waals surface area contributed by atoms with Crippen LogP contribution in [0.2, 0.25) is 0 Å². The minimum atomic E-state index is -0.00175. The third kappa shape index (κ3) is 7.50. The molecule has 3 rings (SSSR count). The second-order valence-electron chi connectivity index (χ2n) is 7.73. The van der Waals surface area contributed by atoms with Gasteiger partial charge in [-0.2, -0.15) is 0 Å². The third-order valence-electron chi connectivity index (χ3n) is 5.17. The lowest BCUT2D eigenvalue weighted by atomic mass is 10.1. The summed E-state index contributed by atoms with van der Waals surface area (Å²) in [5.74, 6) is 0.905. The Kier molecular flexibility index (Phi) is 8.78. The molecule has 1 aliphatic rings. The topological polar surface area (TPSA) is 61.4 Å². The number of hydrogen-bond donors (Lipinski definition) is 2. The van der Waals surface area contributed by atoms with Crippen molar-refractivity contribution in [3.8, 4) is 0 Å². The zero-order valence-corrected chi connectivity index (χ0v) is 18.5. The van der Waals surface area contributed by atoms with Gasteiger partial charge in [0.15, 0.2) is 0 Å². The van der Waals surface area contributed by atoms with Gasteiger partial charge in [-0.25, -0.2) is 0 Å². The van der Waals surface area contributed by atoms with Crippen molar-refractivity contribution < 1.29 is 9.59 Å². The van der Waals surface area contributed by atoms with E-state index >= 15 is 0 Å². The summed E-state index contributed by atoms with van der Waals surface area (Å²) in [6.07, 6.45) is 4.88. The molecule has 2 N–H and O–H groups in total. The number of hydrogen-bond acceptors (Lipinski definition) is 4. The first-order valence-electron chi connectivity index (χ1n) is 10.7. The fraction of sp³-hybridized carbons (Fsp3) is 0.417. The Morgan fingerprint density at radius 1 is 0.967 bits per heavy atom. The molecule has 2 amide bonds. The summed E-state index contributed by atoms with van der Waals surface area (Å²) in [6, 6.07) is 15.9. The maximum Gasteiger partial charge on any atom is 0.238 e.